The molecule has 3 rings (SSSR count). The lowest BCUT2D eigenvalue weighted by Crippen LogP contribution is -2.38. The third-order valence-corrected chi connectivity index (χ3v) is 4.89. The molecule has 0 atom stereocenters. The summed E-state index contributed by atoms with van der Waals surface area (Å²) in [6.07, 6.45) is -1.35. The van der Waals surface area contributed by atoms with E-state index >= 15 is 0 Å². The molecule has 23 heavy (non-hydrogen) atoms. The van der Waals surface area contributed by atoms with Crippen LogP contribution in [0.4, 0.5) is 16.4 Å². The van der Waals surface area contributed by atoms with Gasteiger partial charge in [-0.3, -0.25) is 4.90 Å². The van der Waals surface area contributed by atoms with Crippen LogP contribution in [0.15, 0.2) is 65.0 Å². The number of carbonyl (C=O) groups is 1. The first-order valence-electron chi connectivity index (χ1n) is 6.80. The van der Waals surface area contributed by atoms with Gasteiger partial charge in [0.25, 0.3) is 0 Å². The van der Waals surface area contributed by atoms with Crippen molar-refractivity contribution in [2.45, 2.75) is 10.1 Å². The van der Waals surface area contributed by atoms with E-state index in [1.54, 1.807) is 24.3 Å². The molecule has 1 amide bonds. The molecule has 1 heterocycles. The monoisotopic (exact) mass is 342 g/mol. The first-order chi connectivity index (χ1) is 11.2. The number of amides is 1. The van der Waals surface area contributed by atoms with E-state index in [4.69, 9.17) is 0 Å². The number of carbonyl (C=O) groups excluding carboxylic acids is 1. The second kappa shape index (κ2) is 7.26. The van der Waals surface area contributed by atoms with Crippen LogP contribution >= 0.6 is 23.3 Å². The third-order valence-electron chi connectivity index (χ3n) is 3.00. The molecule has 0 spiro atoms. The topological polar surface area (TPSA) is 69.2 Å². The van der Waals surface area contributed by atoms with Crippen LogP contribution in [-0.2, 0) is 5.75 Å². The largest absolute Gasteiger partial charge is 0.529 e. The van der Waals surface area contributed by atoms with Crippen molar-refractivity contribution >= 4 is 41.0 Å². The normalized spacial score (nSPS) is 10.4. The van der Waals surface area contributed by atoms with Crippen LogP contribution in [-0.4, -0.2) is 15.5 Å². The minimum absolute atomic E-state index is 0.122. The highest BCUT2D eigenvalue weighted by Gasteiger charge is 2.16. The van der Waals surface area contributed by atoms with Crippen LogP contribution in [0.5, 0.6) is 0 Å². The zero-order valence-electron chi connectivity index (χ0n) is 12.0. The van der Waals surface area contributed by atoms with Crippen LogP contribution in [0.2, 0.25) is 0 Å². The molecule has 0 unspecified atom stereocenters. The van der Waals surface area contributed by atoms with Crippen molar-refractivity contribution in [2.75, 3.05) is 4.90 Å². The summed E-state index contributed by atoms with van der Waals surface area (Å²) in [7, 11) is 0. The molecule has 3 aromatic rings. The average Bonchev–Trinajstić information content (AvgIpc) is 3.03. The summed E-state index contributed by atoms with van der Waals surface area (Å²) in [6.45, 7) is 0. The van der Waals surface area contributed by atoms with E-state index in [-0.39, 0.29) is 5.95 Å². The predicted molar refractivity (Wildman–Crippen MR) is 89.9 cm³/mol. The lowest BCUT2D eigenvalue weighted by Gasteiger charge is -2.21. The van der Waals surface area contributed by atoms with Crippen molar-refractivity contribution in [1.82, 2.24) is 9.36 Å². The van der Waals surface area contributed by atoms with Gasteiger partial charge in [0.15, 0.2) is 4.34 Å². The Labute approximate surface area is 141 Å². The van der Waals surface area contributed by atoms with E-state index in [0.29, 0.717) is 10.0 Å². The van der Waals surface area contributed by atoms with Gasteiger partial charge in [0.05, 0.1) is 5.69 Å². The van der Waals surface area contributed by atoms with Gasteiger partial charge >= 0.3 is 0 Å². The van der Waals surface area contributed by atoms with Gasteiger partial charge in [0.1, 0.15) is 6.09 Å². The quantitative estimate of drug-likeness (QED) is 0.665. The summed E-state index contributed by atoms with van der Waals surface area (Å²) >= 11 is 2.70. The third kappa shape index (κ3) is 3.88. The Kier molecular flexibility index (Phi) is 4.89. The van der Waals surface area contributed by atoms with E-state index in [0.717, 1.165) is 10.7 Å². The standard InChI is InChI=1S/C16H13N3O2S2/c20-16(21)19(13-9-5-2-6-10-13)14-17-15(23-18-14)22-11-12-7-3-1-4-8-12/h1-10H,11H2,(H,20,21)/p-1. The number of nitrogens with zero attached hydrogens (tertiary/aromatic N) is 3. The fourth-order valence-electron chi connectivity index (χ4n) is 1.95. The highest BCUT2D eigenvalue weighted by Crippen LogP contribution is 2.29. The van der Waals surface area contributed by atoms with Crippen LogP contribution in [0.25, 0.3) is 0 Å². The Morgan fingerprint density at radius 3 is 2.39 bits per heavy atom. The smallest absolute Gasteiger partial charge is 0.248 e. The molecule has 0 radical (unpaired) electrons. The Bertz CT molecular complexity index is 778. The van der Waals surface area contributed by atoms with Crippen LogP contribution in [0.1, 0.15) is 5.56 Å². The number of para-hydroxylation sites is 1. The Morgan fingerprint density at radius 2 is 1.74 bits per heavy atom. The maximum Gasteiger partial charge on any atom is 0.248 e. The molecule has 0 aliphatic carbocycles. The molecule has 0 saturated heterocycles. The Balaban J connectivity index is 1.76. The van der Waals surface area contributed by atoms with Crippen molar-refractivity contribution in [3.63, 3.8) is 0 Å². The number of anilines is 2. The number of hydrogen-bond acceptors (Lipinski definition) is 6. The summed E-state index contributed by atoms with van der Waals surface area (Å²) in [5.74, 6) is 0.878. The lowest BCUT2D eigenvalue weighted by molar-refractivity contribution is -0.245. The summed E-state index contributed by atoms with van der Waals surface area (Å²) < 4.78 is 4.86. The van der Waals surface area contributed by atoms with Crippen LogP contribution in [0.3, 0.4) is 0 Å². The molecule has 2 aromatic carbocycles. The zero-order valence-corrected chi connectivity index (χ0v) is 13.6. The van der Waals surface area contributed by atoms with E-state index in [9.17, 15) is 9.90 Å². The molecule has 0 aliphatic heterocycles. The first kappa shape index (κ1) is 15.5. The number of benzene rings is 2. The van der Waals surface area contributed by atoms with Crippen LogP contribution in [0, 0.1) is 0 Å². The zero-order chi connectivity index (χ0) is 16.1. The maximum atomic E-state index is 11.4. The highest BCUT2D eigenvalue weighted by molar-refractivity contribution is 8.00. The molecule has 5 nitrogen and oxygen atoms in total. The molecule has 1 aromatic heterocycles. The molecule has 116 valence electrons. The molecular formula is C16H12N3O2S2-. The second-order valence-corrected chi connectivity index (χ2v) is 6.55. The Hall–Kier alpha value is -2.38. The highest BCUT2D eigenvalue weighted by atomic mass is 32.2. The lowest BCUT2D eigenvalue weighted by atomic mass is 10.2. The van der Waals surface area contributed by atoms with Crippen molar-refractivity contribution in [2.24, 2.45) is 0 Å². The fourth-order valence-corrected chi connectivity index (χ4v) is 3.48. The van der Waals surface area contributed by atoms with Gasteiger partial charge in [-0.1, -0.05) is 60.3 Å². The van der Waals surface area contributed by atoms with Gasteiger partial charge in [0, 0.05) is 5.75 Å². The first-order valence-corrected chi connectivity index (χ1v) is 8.56. The number of rotatable bonds is 5. The number of thioether (sulfide) groups is 1. The summed E-state index contributed by atoms with van der Waals surface area (Å²) in [5, 5.41) is 11.4. The Morgan fingerprint density at radius 1 is 1.09 bits per heavy atom. The summed E-state index contributed by atoms with van der Waals surface area (Å²) in [5.41, 5.74) is 1.64. The number of aromatic nitrogens is 2. The molecule has 7 heteroatoms. The SMILES string of the molecule is O=C([O-])N(c1ccccc1)c1nsc(SCc2ccccc2)n1. The van der Waals surface area contributed by atoms with Gasteiger partial charge in [-0.2, -0.15) is 9.36 Å². The molecule has 0 fully saturated rings. The fraction of sp³-hybridized carbons (Fsp3) is 0.0625. The van der Waals surface area contributed by atoms with Gasteiger partial charge < -0.3 is 9.90 Å². The number of carboxylic acid groups (broad SMARTS) is 1. The van der Waals surface area contributed by atoms with E-state index < -0.39 is 6.09 Å². The van der Waals surface area contributed by atoms with Gasteiger partial charge in [0.2, 0.25) is 5.95 Å². The molecule has 0 aliphatic rings. The van der Waals surface area contributed by atoms with E-state index in [1.165, 1.54) is 28.9 Å². The second-order valence-electron chi connectivity index (χ2n) is 4.57. The van der Waals surface area contributed by atoms with Gasteiger partial charge in [-0.05, 0) is 29.2 Å². The van der Waals surface area contributed by atoms with Crippen molar-refractivity contribution < 1.29 is 9.90 Å². The van der Waals surface area contributed by atoms with Gasteiger partial charge in [-0.15, -0.1) is 0 Å². The van der Waals surface area contributed by atoms with Crippen molar-refractivity contribution in [3.8, 4) is 0 Å². The molecule has 0 bridgehead atoms. The minimum atomic E-state index is -1.35. The molecule has 0 N–H and O–H groups in total. The summed E-state index contributed by atoms with van der Waals surface area (Å²) in [4.78, 5) is 16.7. The van der Waals surface area contributed by atoms with Gasteiger partial charge in [-0.25, -0.2) is 0 Å². The number of hydrogen-bond donors (Lipinski definition) is 0. The van der Waals surface area contributed by atoms with E-state index in [2.05, 4.69) is 9.36 Å². The molecule has 0 saturated carbocycles. The van der Waals surface area contributed by atoms with Crippen LogP contribution < -0.4 is 10.0 Å². The van der Waals surface area contributed by atoms with E-state index in [1.807, 2.05) is 36.4 Å². The maximum absolute atomic E-state index is 11.4. The van der Waals surface area contributed by atoms with Crippen molar-refractivity contribution in [1.29, 1.82) is 0 Å². The molecular weight excluding hydrogens is 330 g/mol. The predicted octanol–water partition coefficient (Wildman–Crippen LogP) is 3.31. The van der Waals surface area contributed by atoms with Crippen molar-refractivity contribution in [3.05, 3.63) is 66.2 Å². The average molecular weight is 342 g/mol. The summed E-state index contributed by atoms with van der Waals surface area (Å²) in [6, 6.07) is 18.7. The minimum Gasteiger partial charge on any atom is -0.529 e.